The highest BCUT2D eigenvalue weighted by molar-refractivity contribution is 5.90. The number of carbonyl (C=O) groups excluding carboxylic acids is 1. The normalized spacial score (nSPS) is 18.5. The van der Waals surface area contributed by atoms with Gasteiger partial charge in [0.1, 0.15) is 23.3 Å². The number of rotatable bonds is 1. The Morgan fingerprint density at radius 3 is 2.87 bits per heavy atom. The van der Waals surface area contributed by atoms with Crippen molar-refractivity contribution in [2.75, 3.05) is 18.4 Å². The standard InChI is InChI=1S/C9H12FN3O2/c1-6-7(3-15-12-6)11-8(14)13-4-9(2,10)5-13/h3H,4-5H2,1-2H3,(H,11,14). The van der Waals surface area contributed by atoms with Crippen LogP contribution in [0.2, 0.25) is 0 Å². The Morgan fingerprint density at radius 1 is 1.73 bits per heavy atom. The summed E-state index contributed by atoms with van der Waals surface area (Å²) in [6, 6.07) is -0.323. The lowest BCUT2D eigenvalue weighted by molar-refractivity contribution is 0.0144. The summed E-state index contributed by atoms with van der Waals surface area (Å²) in [5.41, 5.74) is -0.125. The van der Waals surface area contributed by atoms with Gasteiger partial charge >= 0.3 is 6.03 Å². The lowest BCUT2D eigenvalue weighted by Crippen LogP contribution is -2.60. The summed E-state index contributed by atoms with van der Waals surface area (Å²) in [6.45, 7) is 3.45. The lowest BCUT2D eigenvalue weighted by Gasteiger charge is -2.41. The third-order valence-corrected chi connectivity index (χ3v) is 2.32. The highest BCUT2D eigenvalue weighted by Gasteiger charge is 2.41. The average Bonchev–Trinajstić information content (AvgIpc) is 2.47. The van der Waals surface area contributed by atoms with Gasteiger partial charge in [0.2, 0.25) is 0 Å². The number of carbonyl (C=O) groups is 1. The SMILES string of the molecule is Cc1nocc1NC(=O)N1CC(C)(F)C1. The minimum absolute atomic E-state index is 0.128. The van der Waals surface area contributed by atoms with E-state index in [9.17, 15) is 9.18 Å². The molecule has 1 saturated heterocycles. The van der Waals surface area contributed by atoms with Crippen molar-refractivity contribution >= 4 is 11.7 Å². The lowest BCUT2D eigenvalue weighted by atomic mass is 10.00. The second-order valence-electron chi connectivity index (χ2n) is 4.01. The molecule has 1 aliphatic heterocycles. The molecule has 0 saturated carbocycles. The Morgan fingerprint density at radius 2 is 2.40 bits per heavy atom. The predicted molar refractivity (Wildman–Crippen MR) is 51.3 cm³/mol. The molecule has 0 spiro atoms. The van der Waals surface area contributed by atoms with Crippen LogP contribution in [0.4, 0.5) is 14.9 Å². The summed E-state index contributed by atoms with van der Waals surface area (Å²) in [4.78, 5) is 12.9. The van der Waals surface area contributed by atoms with Crippen LogP contribution < -0.4 is 5.32 Å². The molecule has 0 unspecified atom stereocenters. The monoisotopic (exact) mass is 213 g/mol. The number of amides is 2. The van der Waals surface area contributed by atoms with Crippen molar-refractivity contribution in [3.05, 3.63) is 12.0 Å². The number of anilines is 1. The van der Waals surface area contributed by atoms with Crippen LogP contribution in [0.3, 0.4) is 0 Å². The fourth-order valence-corrected chi connectivity index (χ4v) is 1.50. The van der Waals surface area contributed by atoms with E-state index >= 15 is 0 Å². The first kappa shape index (κ1) is 9.95. The van der Waals surface area contributed by atoms with E-state index in [0.29, 0.717) is 11.4 Å². The molecule has 2 rings (SSSR count). The highest BCUT2D eigenvalue weighted by atomic mass is 19.1. The van der Waals surface area contributed by atoms with Crippen LogP contribution in [0.5, 0.6) is 0 Å². The van der Waals surface area contributed by atoms with E-state index in [0.717, 1.165) is 0 Å². The van der Waals surface area contributed by atoms with Gasteiger partial charge in [-0.1, -0.05) is 5.16 Å². The second-order valence-corrected chi connectivity index (χ2v) is 4.01. The van der Waals surface area contributed by atoms with Crippen molar-refractivity contribution in [3.63, 3.8) is 0 Å². The maximum absolute atomic E-state index is 13.1. The molecule has 82 valence electrons. The van der Waals surface area contributed by atoms with Crippen LogP contribution in [0.25, 0.3) is 0 Å². The van der Waals surface area contributed by atoms with Gasteiger partial charge in [0, 0.05) is 0 Å². The van der Waals surface area contributed by atoms with Crippen LogP contribution in [-0.2, 0) is 0 Å². The van der Waals surface area contributed by atoms with Crippen LogP contribution in [0.15, 0.2) is 10.8 Å². The molecule has 2 amide bonds. The number of likely N-dealkylation sites (tertiary alicyclic amines) is 1. The van der Waals surface area contributed by atoms with Crippen molar-refractivity contribution in [1.29, 1.82) is 0 Å². The molecule has 0 bridgehead atoms. The first-order chi connectivity index (χ1) is 6.98. The minimum atomic E-state index is -1.25. The van der Waals surface area contributed by atoms with E-state index < -0.39 is 5.67 Å². The quantitative estimate of drug-likeness (QED) is 0.770. The van der Waals surface area contributed by atoms with Gasteiger partial charge < -0.3 is 14.7 Å². The molecule has 1 aromatic rings. The summed E-state index contributed by atoms with van der Waals surface area (Å²) in [5, 5.41) is 6.21. The zero-order valence-corrected chi connectivity index (χ0v) is 8.58. The number of aromatic nitrogens is 1. The maximum Gasteiger partial charge on any atom is 0.322 e. The molecular weight excluding hydrogens is 201 g/mol. The van der Waals surface area contributed by atoms with Gasteiger partial charge in [-0.3, -0.25) is 0 Å². The van der Waals surface area contributed by atoms with E-state index in [-0.39, 0.29) is 19.1 Å². The van der Waals surface area contributed by atoms with E-state index in [1.807, 2.05) is 0 Å². The number of hydrogen-bond donors (Lipinski definition) is 1. The molecular formula is C9H12FN3O2. The van der Waals surface area contributed by atoms with Gasteiger partial charge in [-0.05, 0) is 13.8 Å². The summed E-state index contributed by atoms with van der Waals surface area (Å²) in [7, 11) is 0. The van der Waals surface area contributed by atoms with Crippen molar-refractivity contribution in [3.8, 4) is 0 Å². The molecule has 1 aliphatic rings. The highest BCUT2D eigenvalue weighted by Crippen LogP contribution is 2.25. The smallest absolute Gasteiger partial charge is 0.322 e. The Balaban J connectivity index is 1.92. The second kappa shape index (κ2) is 3.22. The zero-order valence-electron chi connectivity index (χ0n) is 8.58. The van der Waals surface area contributed by atoms with Gasteiger partial charge in [0.05, 0.1) is 13.1 Å². The van der Waals surface area contributed by atoms with Gasteiger partial charge in [-0.2, -0.15) is 0 Å². The molecule has 0 aliphatic carbocycles. The number of aryl methyl sites for hydroxylation is 1. The number of nitrogens with zero attached hydrogens (tertiary/aromatic N) is 2. The summed E-state index contributed by atoms with van der Waals surface area (Å²) < 4.78 is 17.8. The Bertz CT molecular complexity index is 380. The van der Waals surface area contributed by atoms with Crippen molar-refractivity contribution in [2.45, 2.75) is 19.5 Å². The average molecular weight is 213 g/mol. The number of alkyl halides is 1. The summed E-state index contributed by atoms with van der Waals surface area (Å²) in [5.74, 6) is 0. The molecule has 5 nitrogen and oxygen atoms in total. The summed E-state index contributed by atoms with van der Waals surface area (Å²) in [6.07, 6.45) is 1.35. The molecule has 1 aromatic heterocycles. The first-order valence-corrected chi connectivity index (χ1v) is 4.64. The number of hydrogen-bond acceptors (Lipinski definition) is 3. The van der Waals surface area contributed by atoms with Crippen LogP contribution in [-0.4, -0.2) is 34.8 Å². The molecule has 1 fully saturated rings. The van der Waals surface area contributed by atoms with Crippen LogP contribution in [0, 0.1) is 6.92 Å². The van der Waals surface area contributed by atoms with Crippen molar-refractivity contribution < 1.29 is 13.7 Å². The maximum atomic E-state index is 13.1. The fraction of sp³-hybridized carbons (Fsp3) is 0.556. The van der Waals surface area contributed by atoms with Crippen molar-refractivity contribution in [1.82, 2.24) is 10.1 Å². The molecule has 0 atom stereocenters. The van der Waals surface area contributed by atoms with Gasteiger partial charge in [-0.15, -0.1) is 0 Å². The molecule has 0 aromatic carbocycles. The summed E-state index contributed by atoms with van der Waals surface area (Å²) >= 11 is 0. The van der Waals surface area contributed by atoms with Crippen LogP contribution >= 0.6 is 0 Å². The molecule has 6 heteroatoms. The predicted octanol–water partition coefficient (Wildman–Crippen LogP) is 1.56. The van der Waals surface area contributed by atoms with Gasteiger partial charge in [-0.25, -0.2) is 9.18 Å². The third kappa shape index (κ3) is 1.93. The van der Waals surface area contributed by atoms with E-state index in [1.54, 1.807) is 6.92 Å². The topological polar surface area (TPSA) is 58.4 Å². The van der Waals surface area contributed by atoms with Crippen molar-refractivity contribution in [2.24, 2.45) is 0 Å². The third-order valence-electron chi connectivity index (χ3n) is 2.32. The van der Waals surface area contributed by atoms with E-state index in [2.05, 4.69) is 15.0 Å². The van der Waals surface area contributed by atoms with E-state index in [1.165, 1.54) is 18.1 Å². The first-order valence-electron chi connectivity index (χ1n) is 4.64. The van der Waals surface area contributed by atoms with Crippen LogP contribution in [0.1, 0.15) is 12.6 Å². The molecule has 1 N–H and O–H groups in total. The number of halogens is 1. The zero-order chi connectivity index (χ0) is 11.1. The largest absolute Gasteiger partial charge is 0.362 e. The van der Waals surface area contributed by atoms with Gasteiger partial charge in [0.15, 0.2) is 0 Å². The number of nitrogens with one attached hydrogen (secondary N) is 1. The Kier molecular flexibility index (Phi) is 2.13. The Hall–Kier alpha value is -1.59. The number of urea groups is 1. The minimum Gasteiger partial charge on any atom is -0.362 e. The Labute approximate surface area is 86.2 Å². The fourth-order valence-electron chi connectivity index (χ4n) is 1.50. The van der Waals surface area contributed by atoms with Gasteiger partial charge in [0.25, 0.3) is 0 Å². The molecule has 2 heterocycles. The molecule has 0 radical (unpaired) electrons. The van der Waals surface area contributed by atoms with E-state index in [4.69, 9.17) is 0 Å². The molecule has 15 heavy (non-hydrogen) atoms.